The Bertz CT molecular complexity index is 1740. The lowest BCUT2D eigenvalue weighted by Crippen LogP contribution is -2.28. The third-order valence-corrected chi connectivity index (χ3v) is 9.33. The maximum absolute atomic E-state index is 11.3. The molecule has 0 unspecified atom stereocenters. The first-order valence-electron chi connectivity index (χ1n) is 14.1. The van der Waals surface area contributed by atoms with E-state index in [1.54, 1.807) is 12.4 Å². The van der Waals surface area contributed by atoms with Crippen LogP contribution in [0.2, 0.25) is 0 Å². The Kier molecular flexibility index (Phi) is 9.55. The predicted molar refractivity (Wildman–Crippen MR) is 169 cm³/mol. The molecule has 0 amide bonds. The van der Waals surface area contributed by atoms with Gasteiger partial charge in [-0.1, -0.05) is 30.4 Å². The van der Waals surface area contributed by atoms with Crippen LogP contribution in [-0.2, 0) is 31.1 Å². The molecule has 0 spiro atoms. The van der Waals surface area contributed by atoms with Gasteiger partial charge in [0.15, 0.2) is 5.71 Å². The SMILES string of the molecule is CC1(C)C(=CC=CC=CC=CC2=[N+](CCCS(=O)(=O)O)c3cccnc3C2(C)C)N(CCCS(=O)(=O)O)c2cccnc21. The maximum atomic E-state index is 11.3. The molecule has 0 saturated heterocycles. The third kappa shape index (κ3) is 7.56. The van der Waals surface area contributed by atoms with Crippen molar-refractivity contribution in [2.24, 2.45) is 0 Å². The summed E-state index contributed by atoms with van der Waals surface area (Å²) in [6, 6.07) is 7.64. The van der Waals surface area contributed by atoms with E-state index in [1.165, 1.54) is 0 Å². The Morgan fingerprint density at radius 2 is 1.42 bits per heavy atom. The van der Waals surface area contributed by atoms with E-state index in [4.69, 9.17) is 0 Å². The number of aromatic nitrogens is 2. The molecule has 0 atom stereocenters. The number of rotatable bonds is 12. The molecule has 0 fully saturated rings. The van der Waals surface area contributed by atoms with Crippen LogP contribution in [-0.4, -0.2) is 70.8 Å². The van der Waals surface area contributed by atoms with E-state index in [9.17, 15) is 25.9 Å². The van der Waals surface area contributed by atoms with Gasteiger partial charge >= 0.3 is 0 Å². The number of hydrogen-bond acceptors (Lipinski definition) is 7. The normalized spacial score (nSPS) is 18.9. The average molecular weight is 628 g/mol. The molecule has 43 heavy (non-hydrogen) atoms. The molecule has 12 heteroatoms. The van der Waals surface area contributed by atoms with E-state index in [0.29, 0.717) is 13.1 Å². The van der Waals surface area contributed by atoms with Gasteiger partial charge in [0.1, 0.15) is 12.2 Å². The number of nitrogens with zero attached hydrogens (tertiary/aromatic N) is 4. The van der Waals surface area contributed by atoms with Gasteiger partial charge in [-0.25, -0.2) is 0 Å². The monoisotopic (exact) mass is 627 g/mol. The Labute approximate surface area is 254 Å². The van der Waals surface area contributed by atoms with Gasteiger partial charge in [0.05, 0.1) is 28.3 Å². The zero-order valence-corrected chi connectivity index (χ0v) is 26.5. The van der Waals surface area contributed by atoms with Crippen molar-refractivity contribution >= 4 is 37.3 Å². The summed E-state index contributed by atoms with van der Waals surface area (Å²) >= 11 is 0. The van der Waals surface area contributed by atoms with E-state index in [1.807, 2.05) is 66.8 Å². The van der Waals surface area contributed by atoms with Gasteiger partial charge in [0.25, 0.3) is 20.2 Å². The number of fused-ring (bicyclic) bond motifs is 2. The molecule has 2 aromatic rings. The molecule has 2 aliphatic heterocycles. The van der Waals surface area contributed by atoms with Crippen molar-refractivity contribution in [3.63, 3.8) is 0 Å². The second-order valence-corrected chi connectivity index (χ2v) is 14.8. The summed E-state index contributed by atoms with van der Waals surface area (Å²) in [5.74, 6) is -0.626. The molecule has 4 rings (SSSR count). The molecule has 0 aromatic carbocycles. The highest BCUT2D eigenvalue weighted by Gasteiger charge is 2.45. The van der Waals surface area contributed by atoms with Gasteiger partial charge in [0, 0.05) is 48.6 Å². The molecular formula is C31H39N4O6S2+. The van der Waals surface area contributed by atoms with E-state index in [0.717, 1.165) is 34.2 Å². The fraction of sp³-hybridized carbons (Fsp3) is 0.387. The van der Waals surface area contributed by atoms with Crippen LogP contribution in [0.15, 0.2) is 84.9 Å². The van der Waals surface area contributed by atoms with E-state index in [2.05, 4.69) is 47.1 Å². The quantitative estimate of drug-likeness (QED) is 0.194. The topological polar surface area (TPSA) is 141 Å². The second-order valence-electron chi connectivity index (χ2n) is 11.6. The standard InChI is InChI=1S/C31H38N4O6S2/c1-30(2)26(34(20-12-22-42(36,37)38)24-14-10-18-32-28(24)30)16-8-6-5-7-9-17-27-31(3,4)29-25(15-11-19-33-29)35(27)21-13-23-43(39,40)41/h5-11,14-19H,12-13,20-23H2,1-4H3,(H-,36,37,38,39,40,41)/p+1. The van der Waals surface area contributed by atoms with Gasteiger partial charge < -0.3 is 4.90 Å². The molecular weight excluding hydrogens is 588 g/mol. The first-order chi connectivity index (χ1) is 20.1. The highest BCUT2D eigenvalue weighted by Crippen LogP contribution is 2.46. The minimum absolute atomic E-state index is 0.274. The summed E-state index contributed by atoms with van der Waals surface area (Å²) in [6.07, 6.45) is 17.6. The average Bonchev–Trinajstić information content (AvgIpc) is 3.26. The van der Waals surface area contributed by atoms with E-state index in [-0.39, 0.29) is 24.3 Å². The second kappa shape index (κ2) is 12.7. The van der Waals surface area contributed by atoms with Gasteiger partial charge in [-0.15, -0.1) is 0 Å². The molecule has 4 heterocycles. The lowest BCUT2D eigenvalue weighted by Gasteiger charge is -2.26. The Morgan fingerprint density at radius 3 is 2.12 bits per heavy atom. The smallest absolute Gasteiger partial charge is 0.265 e. The molecule has 0 radical (unpaired) electrons. The zero-order chi connectivity index (χ0) is 31.5. The van der Waals surface area contributed by atoms with Crippen LogP contribution in [0, 0.1) is 0 Å². The summed E-state index contributed by atoms with van der Waals surface area (Å²) in [7, 11) is -8.09. The summed E-state index contributed by atoms with van der Waals surface area (Å²) in [5, 5.41) is 0. The zero-order valence-electron chi connectivity index (χ0n) is 24.9. The molecule has 0 saturated carbocycles. The van der Waals surface area contributed by atoms with Crippen LogP contribution in [0.4, 0.5) is 11.4 Å². The lowest BCUT2D eigenvalue weighted by atomic mass is 9.85. The predicted octanol–water partition coefficient (Wildman–Crippen LogP) is 4.76. The minimum atomic E-state index is -4.05. The van der Waals surface area contributed by atoms with Crippen LogP contribution in [0.1, 0.15) is 51.9 Å². The summed E-state index contributed by atoms with van der Waals surface area (Å²) < 4.78 is 65.6. The van der Waals surface area contributed by atoms with Crippen LogP contribution in [0.5, 0.6) is 0 Å². The molecule has 0 bridgehead atoms. The summed E-state index contributed by atoms with van der Waals surface area (Å²) in [4.78, 5) is 11.2. The van der Waals surface area contributed by atoms with Gasteiger partial charge in [-0.2, -0.15) is 21.4 Å². The number of allylic oxidation sites excluding steroid dienone is 8. The van der Waals surface area contributed by atoms with E-state index < -0.39 is 31.1 Å². The molecule has 2 aromatic heterocycles. The van der Waals surface area contributed by atoms with Crippen molar-refractivity contribution in [1.29, 1.82) is 0 Å². The van der Waals surface area contributed by atoms with Crippen molar-refractivity contribution in [3.05, 3.63) is 96.3 Å². The molecule has 10 nitrogen and oxygen atoms in total. The Balaban J connectivity index is 1.52. The van der Waals surface area contributed by atoms with Crippen molar-refractivity contribution in [1.82, 2.24) is 9.97 Å². The van der Waals surface area contributed by atoms with Gasteiger partial charge in [0.2, 0.25) is 5.69 Å². The van der Waals surface area contributed by atoms with Crippen LogP contribution in [0.3, 0.4) is 0 Å². The number of hydrogen-bond donors (Lipinski definition) is 2. The highest BCUT2D eigenvalue weighted by atomic mass is 32.2. The first-order valence-corrected chi connectivity index (χ1v) is 17.3. The van der Waals surface area contributed by atoms with Crippen molar-refractivity contribution < 1.29 is 30.5 Å². The molecule has 230 valence electrons. The molecule has 2 aliphatic rings. The van der Waals surface area contributed by atoms with Crippen molar-refractivity contribution in [3.8, 4) is 0 Å². The maximum Gasteiger partial charge on any atom is 0.265 e. The fourth-order valence-corrected chi connectivity index (χ4v) is 6.73. The number of anilines is 1. The Hall–Kier alpha value is -3.45. The van der Waals surface area contributed by atoms with Crippen molar-refractivity contribution in [2.45, 2.75) is 51.4 Å². The van der Waals surface area contributed by atoms with Gasteiger partial charge in [-0.3, -0.25) is 19.1 Å². The number of pyridine rings is 2. The first kappa shape index (κ1) is 32.5. The summed E-state index contributed by atoms with van der Waals surface area (Å²) in [6.45, 7) is 9.16. The highest BCUT2D eigenvalue weighted by molar-refractivity contribution is 7.86. The van der Waals surface area contributed by atoms with Gasteiger partial charge in [-0.05, 0) is 58.4 Å². The Morgan fingerprint density at radius 1 is 0.814 bits per heavy atom. The third-order valence-electron chi connectivity index (χ3n) is 7.72. The molecule has 0 aliphatic carbocycles. The largest absolute Gasteiger partial charge is 0.343 e. The summed E-state index contributed by atoms with van der Waals surface area (Å²) in [5.41, 5.74) is 4.84. The van der Waals surface area contributed by atoms with Crippen LogP contribution >= 0.6 is 0 Å². The van der Waals surface area contributed by atoms with Crippen LogP contribution < -0.4 is 4.90 Å². The fourth-order valence-electron chi connectivity index (χ4n) is 5.74. The van der Waals surface area contributed by atoms with E-state index >= 15 is 0 Å². The minimum Gasteiger partial charge on any atom is -0.343 e. The lowest BCUT2D eigenvalue weighted by molar-refractivity contribution is -0.437. The van der Waals surface area contributed by atoms with Crippen LogP contribution in [0.25, 0.3) is 0 Å². The molecule has 2 N–H and O–H groups in total. The van der Waals surface area contributed by atoms with Crippen molar-refractivity contribution in [2.75, 3.05) is 29.5 Å².